The summed E-state index contributed by atoms with van der Waals surface area (Å²) < 4.78 is 6.06. The van der Waals surface area contributed by atoms with Crippen LogP contribution in [0.4, 0.5) is 0 Å². The zero-order valence-electron chi connectivity index (χ0n) is 10.4. The molecule has 0 aliphatic carbocycles. The first-order valence-electron chi connectivity index (χ1n) is 6.07. The van der Waals surface area contributed by atoms with Crippen molar-refractivity contribution in [2.45, 2.75) is 19.8 Å². The molecule has 1 N–H and O–H groups in total. The van der Waals surface area contributed by atoms with Gasteiger partial charge < -0.3 is 10.1 Å². The number of hydrogen-bond donors (Lipinski definition) is 1. The smallest absolute Gasteiger partial charge is 0.271 e. The zero-order valence-corrected chi connectivity index (χ0v) is 12.0. The third kappa shape index (κ3) is 3.29. The topological polar surface area (TPSA) is 51.2 Å². The van der Waals surface area contributed by atoms with Gasteiger partial charge in [0.2, 0.25) is 0 Å². The van der Waals surface area contributed by atoms with Crippen LogP contribution in [-0.4, -0.2) is 30.6 Å². The second-order valence-electron chi connectivity index (χ2n) is 4.94. The summed E-state index contributed by atoms with van der Waals surface area (Å²) in [5.74, 6) is -0.129. The minimum Gasteiger partial charge on any atom is -0.381 e. The molecule has 0 aromatic carbocycles. The molecule has 0 radical (unpaired) electrons. The van der Waals surface area contributed by atoms with E-state index in [2.05, 4.69) is 33.2 Å². The highest BCUT2D eigenvalue weighted by Gasteiger charge is 2.28. The van der Waals surface area contributed by atoms with Crippen LogP contribution in [-0.2, 0) is 4.74 Å². The standard InChI is InChI=1S/C13H17BrN2O2/c1-13(4-7-18-8-5-13)9-16-12(17)11-10(14)3-2-6-15-11/h2-3,6H,4-5,7-9H2,1H3,(H,16,17). The molecule has 1 aliphatic heterocycles. The third-order valence-electron chi connectivity index (χ3n) is 3.35. The van der Waals surface area contributed by atoms with Crippen LogP contribution in [0.1, 0.15) is 30.3 Å². The molecule has 1 aromatic heterocycles. The maximum atomic E-state index is 12.0. The lowest BCUT2D eigenvalue weighted by molar-refractivity contribution is 0.0238. The van der Waals surface area contributed by atoms with Crippen molar-refractivity contribution in [2.24, 2.45) is 5.41 Å². The van der Waals surface area contributed by atoms with Gasteiger partial charge in [-0.25, -0.2) is 4.98 Å². The van der Waals surface area contributed by atoms with Crippen molar-refractivity contribution in [1.82, 2.24) is 10.3 Å². The molecule has 1 aromatic rings. The fourth-order valence-corrected chi connectivity index (χ4v) is 2.41. The minimum atomic E-state index is -0.129. The van der Waals surface area contributed by atoms with Crippen molar-refractivity contribution in [2.75, 3.05) is 19.8 Å². The largest absolute Gasteiger partial charge is 0.381 e. The maximum Gasteiger partial charge on any atom is 0.271 e. The molecule has 1 amide bonds. The van der Waals surface area contributed by atoms with Crippen LogP contribution >= 0.6 is 15.9 Å². The van der Waals surface area contributed by atoms with Gasteiger partial charge in [0, 0.05) is 30.4 Å². The Hall–Kier alpha value is -0.940. The molecule has 4 nitrogen and oxygen atoms in total. The maximum absolute atomic E-state index is 12.0. The fraction of sp³-hybridized carbons (Fsp3) is 0.538. The van der Waals surface area contributed by atoms with Crippen LogP contribution < -0.4 is 5.32 Å². The number of nitrogens with one attached hydrogen (secondary N) is 1. The molecule has 5 heteroatoms. The highest BCUT2D eigenvalue weighted by molar-refractivity contribution is 9.10. The van der Waals surface area contributed by atoms with Gasteiger partial charge in [0.1, 0.15) is 5.69 Å². The van der Waals surface area contributed by atoms with Crippen LogP contribution in [0.2, 0.25) is 0 Å². The molecule has 0 atom stereocenters. The van der Waals surface area contributed by atoms with Crippen molar-refractivity contribution in [3.05, 3.63) is 28.5 Å². The molecule has 1 saturated heterocycles. The minimum absolute atomic E-state index is 0.129. The number of rotatable bonds is 3. The quantitative estimate of drug-likeness (QED) is 0.932. The summed E-state index contributed by atoms with van der Waals surface area (Å²) in [6.07, 6.45) is 3.59. The lowest BCUT2D eigenvalue weighted by atomic mass is 9.82. The predicted octanol–water partition coefficient (Wildman–Crippen LogP) is 2.39. The van der Waals surface area contributed by atoms with Gasteiger partial charge >= 0.3 is 0 Å². The summed E-state index contributed by atoms with van der Waals surface area (Å²) in [6, 6.07) is 3.61. The van der Waals surface area contributed by atoms with Gasteiger partial charge in [0.15, 0.2) is 0 Å². The molecule has 0 unspecified atom stereocenters. The first-order chi connectivity index (χ1) is 8.61. The van der Waals surface area contributed by atoms with Gasteiger partial charge in [-0.3, -0.25) is 4.79 Å². The van der Waals surface area contributed by atoms with E-state index in [9.17, 15) is 4.79 Å². The van der Waals surface area contributed by atoms with Crippen LogP contribution in [0, 0.1) is 5.41 Å². The molecule has 0 spiro atoms. The summed E-state index contributed by atoms with van der Waals surface area (Å²) in [6.45, 7) is 4.40. The molecule has 98 valence electrons. The van der Waals surface area contributed by atoms with E-state index in [-0.39, 0.29) is 11.3 Å². The molecule has 2 heterocycles. The van der Waals surface area contributed by atoms with Crippen molar-refractivity contribution in [1.29, 1.82) is 0 Å². The highest BCUT2D eigenvalue weighted by atomic mass is 79.9. The number of ether oxygens (including phenoxy) is 1. The molecule has 2 rings (SSSR count). The van der Waals surface area contributed by atoms with E-state index in [0.29, 0.717) is 12.2 Å². The van der Waals surface area contributed by atoms with E-state index in [1.807, 2.05) is 6.07 Å². The van der Waals surface area contributed by atoms with Gasteiger partial charge in [-0.1, -0.05) is 6.92 Å². The first kappa shape index (κ1) is 13.5. The number of halogens is 1. The monoisotopic (exact) mass is 312 g/mol. The van der Waals surface area contributed by atoms with E-state index in [1.54, 1.807) is 12.3 Å². The van der Waals surface area contributed by atoms with Crippen LogP contribution in [0.3, 0.4) is 0 Å². The Balaban J connectivity index is 1.94. The molecular weight excluding hydrogens is 296 g/mol. The molecule has 1 fully saturated rings. The highest BCUT2D eigenvalue weighted by Crippen LogP contribution is 2.28. The van der Waals surface area contributed by atoms with Crippen LogP contribution in [0.25, 0.3) is 0 Å². The molecule has 1 aliphatic rings. The van der Waals surface area contributed by atoms with Crippen LogP contribution in [0.5, 0.6) is 0 Å². The van der Waals surface area contributed by atoms with Gasteiger partial charge in [0.05, 0.1) is 0 Å². The van der Waals surface area contributed by atoms with E-state index < -0.39 is 0 Å². The van der Waals surface area contributed by atoms with Crippen molar-refractivity contribution < 1.29 is 9.53 Å². The second kappa shape index (κ2) is 5.80. The summed E-state index contributed by atoms with van der Waals surface area (Å²) in [4.78, 5) is 16.1. The van der Waals surface area contributed by atoms with Gasteiger partial charge in [-0.2, -0.15) is 0 Å². The van der Waals surface area contributed by atoms with E-state index in [4.69, 9.17) is 4.74 Å². The Kier molecular flexibility index (Phi) is 4.35. The summed E-state index contributed by atoms with van der Waals surface area (Å²) in [5, 5.41) is 2.96. The molecule has 0 saturated carbocycles. The van der Waals surface area contributed by atoms with Crippen LogP contribution in [0.15, 0.2) is 22.8 Å². The molecule has 18 heavy (non-hydrogen) atoms. The molecule has 0 bridgehead atoms. The average Bonchev–Trinajstić information content (AvgIpc) is 2.38. The number of aromatic nitrogens is 1. The number of carbonyl (C=O) groups excluding carboxylic acids is 1. The Bertz CT molecular complexity index is 431. The zero-order chi connectivity index (χ0) is 13.0. The summed E-state index contributed by atoms with van der Waals surface area (Å²) >= 11 is 3.33. The normalized spacial score (nSPS) is 18.3. The van der Waals surface area contributed by atoms with Gasteiger partial charge in [-0.15, -0.1) is 0 Å². The predicted molar refractivity (Wildman–Crippen MR) is 72.4 cm³/mol. The summed E-state index contributed by atoms with van der Waals surface area (Å²) in [7, 11) is 0. The first-order valence-corrected chi connectivity index (χ1v) is 6.86. The Morgan fingerprint density at radius 2 is 2.28 bits per heavy atom. The van der Waals surface area contributed by atoms with E-state index in [1.165, 1.54) is 0 Å². The second-order valence-corrected chi connectivity index (χ2v) is 5.79. The SMILES string of the molecule is CC1(CNC(=O)c2ncccc2Br)CCOCC1. The Morgan fingerprint density at radius 1 is 1.56 bits per heavy atom. The van der Waals surface area contributed by atoms with Crippen molar-refractivity contribution in [3.63, 3.8) is 0 Å². The van der Waals surface area contributed by atoms with E-state index >= 15 is 0 Å². The summed E-state index contributed by atoms with van der Waals surface area (Å²) in [5.41, 5.74) is 0.572. The van der Waals surface area contributed by atoms with E-state index in [0.717, 1.165) is 30.5 Å². The number of nitrogens with zero attached hydrogens (tertiary/aromatic N) is 1. The van der Waals surface area contributed by atoms with Gasteiger partial charge in [-0.05, 0) is 46.3 Å². The Labute approximate surface area is 115 Å². The number of hydrogen-bond acceptors (Lipinski definition) is 3. The molecular formula is C13H17BrN2O2. The lowest BCUT2D eigenvalue weighted by Gasteiger charge is -2.33. The number of carbonyl (C=O) groups is 1. The number of pyridine rings is 1. The lowest BCUT2D eigenvalue weighted by Crippen LogP contribution is -2.39. The van der Waals surface area contributed by atoms with Gasteiger partial charge in [0.25, 0.3) is 5.91 Å². The number of amides is 1. The average molecular weight is 313 g/mol. The third-order valence-corrected chi connectivity index (χ3v) is 3.99. The van der Waals surface area contributed by atoms with Crippen molar-refractivity contribution in [3.8, 4) is 0 Å². The fourth-order valence-electron chi connectivity index (χ4n) is 1.97. The Morgan fingerprint density at radius 3 is 2.94 bits per heavy atom. The van der Waals surface area contributed by atoms with Crippen molar-refractivity contribution >= 4 is 21.8 Å².